The van der Waals surface area contributed by atoms with Crippen LogP contribution in [0.2, 0.25) is 0 Å². The molecule has 0 heterocycles. The molecule has 0 fully saturated rings. The molecule has 0 aliphatic heterocycles. The van der Waals surface area contributed by atoms with E-state index in [1.807, 2.05) is 6.07 Å². The Morgan fingerprint density at radius 1 is 1.53 bits per heavy atom. The van der Waals surface area contributed by atoms with Gasteiger partial charge in [0.25, 0.3) is 0 Å². The molecule has 0 bridgehead atoms. The molecule has 1 aromatic carbocycles. The number of unbranched alkanes of at least 4 members (excludes halogenated alkanes) is 1. The number of benzene rings is 1. The van der Waals surface area contributed by atoms with Gasteiger partial charge in [-0.1, -0.05) is 29.3 Å². The van der Waals surface area contributed by atoms with E-state index >= 15 is 0 Å². The molecule has 1 unspecified atom stereocenters. The highest BCUT2D eigenvalue weighted by atomic mass is 79.9. The Balaban J connectivity index is 2.91. The number of Topliss-reactive ketones (excluding diaryl/α,β-unsaturated/α-hetero) is 1. The second-order valence-corrected chi connectivity index (χ2v) is 5.39. The number of hydrogen-bond acceptors (Lipinski definition) is 2. The number of rotatable bonds is 6. The quantitative estimate of drug-likeness (QED) is 0.440. The minimum atomic E-state index is -0.544. The Hall–Kier alpha value is -0.540. The van der Waals surface area contributed by atoms with E-state index in [1.165, 1.54) is 0 Å². The van der Waals surface area contributed by atoms with Crippen molar-refractivity contribution in [1.29, 1.82) is 0 Å². The minimum absolute atomic E-state index is 0.112. The van der Waals surface area contributed by atoms with Crippen LogP contribution in [0, 0.1) is 0 Å². The van der Waals surface area contributed by atoms with Gasteiger partial charge in [0.1, 0.15) is 5.75 Å². The van der Waals surface area contributed by atoms with Crippen molar-refractivity contribution < 1.29 is 9.53 Å². The van der Waals surface area contributed by atoms with Gasteiger partial charge in [0.15, 0.2) is 5.78 Å². The normalized spacial score (nSPS) is 12.2. The summed E-state index contributed by atoms with van der Waals surface area (Å²) in [5, 5.41) is -0.544. The summed E-state index contributed by atoms with van der Waals surface area (Å²) >= 11 is 9.17. The van der Waals surface area contributed by atoms with Crippen LogP contribution in [-0.4, -0.2) is 17.8 Å². The van der Waals surface area contributed by atoms with Crippen LogP contribution in [0.5, 0.6) is 5.75 Å². The lowest BCUT2D eigenvalue weighted by molar-refractivity contribution is 0.0987. The van der Waals surface area contributed by atoms with Gasteiger partial charge in [-0.3, -0.25) is 4.79 Å². The molecule has 2 nitrogen and oxygen atoms in total. The van der Waals surface area contributed by atoms with Crippen molar-refractivity contribution in [2.24, 2.45) is 0 Å². The molecular formula is C13H16BrClO2. The van der Waals surface area contributed by atoms with Gasteiger partial charge in [0.05, 0.1) is 17.5 Å². The first-order valence-electron chi connectivity index (χ1n) is 5.67. The molecule has 94 valence electrons. The highest BCUT2D eigenvalue weighted by Gasteiger charge is 2.17. The van der Waals surface area contributed by atoms with Gasteiger partial charge in [-0.2, -0.15) is 0 Å². The summed E-state index contributed by atoms with van der Waals surface area (Å²) in [4.78, 5) is 11.9. The summed E-state index contributed by atoms with van der Waals surface area (Å²) in [6.45, 7) is 4.38. The van der Waals surface area contributed by atoms with Gasteiger partial charge in [0, 0.05) is 4.47 Å². The van der Waals surface area contributed by atoms with Crippen LogP contribution in [0.25, 0.3) is 0 Å². The van der Waals surface area contributed by atoms with Gasteiger partial charge in [-0.15, -0.1) is 11.6 Å². The predicted octanol–water partition coefficient (Wildman–Crippen LogP) is 4.44. The monoisotopic (exact) mass is 318 g/mol. The molecule has 0 N–H and O–H groups in total. The van der Waals surface area contributed by atoms with E-state index < -0.39 is 5.38 Å². The topological polar surface area (TPSA) is 26.3 Å². The van der Waals surface area contributed by atoms with E-state index in [4.69, 9.17) is 16.3 Å². The van der Waals surface area contributed by atoms with Crippen molar-refractivity contribution in [2.75, 3.05) is 6.61 Å². The van der Waals surface area contributed by atoms with Gasteiger partial charge in [0.2, 0.25) is 0 Å². The second-order valence-electron chi connectivity index (χ2n) is 3.82. The number of ketones is 1. The predicted molar refractivity (Wildman–Crippen MR) is 74.2 cm³/mol. The number of carbonyl (C=O) groups is 1. The number of carbonyl (C=O) groups excluding carboxylic acids is 1. The highest BCUT2D eigenvalue weighted by Crippen LogP contribution is 2.25. The van der Waals surface area contributed by atoms with E-state index in [-0.39, 0.29) is 5.78 Å². The number of alkyl halides is 1. The minimum Gasteiger partial charge on any atom is -0.493 e. The molecule has 0 spiro atoms. The molecular weight excluding hydrogens is 303 g/mol. The fourth-order valence-electron chi connectivity index (χ4n) is 1.36. The SMILES string of the molecule is CCCCOc1ccc(Br)cc1C(=O)C(C)Cl. The average molecular weight is 320 g/mol. The fourth-order valence-corrected chi connectivity index (χ4v) is 1.84. The largest absolute Gasteiger partial charge is 0.493 e. The molecule has 4 heteroatoms. The van der Waals surface area contributed by atoms with Crippen molar-refractivity contribution in [2.45, 2.75) is 32.1 Å². The first-order valence-corrected chi connectivity index (χ1v) is 6.89. The summed E-state index contributed by atoms with van der Waals surface area (Å²) in [7, 11) is 0. The molecule has 0 saturated heterocycles. The highest BCUT2D eigenvalue weighted by molar-refractivity contribution is 9.10. The molecule has 0 aliphatic carbocycles. The molecule has 0 saturated carbocycles. The number of ether oxygens (including phenoxy) is 1. The smallest absolute Gasteiger partial charge is 0.184 e. The van der Waals surface area contributed by atoms with Crippen molar-refractivity contribution in [1.82, 2.24) is 0 Å². The molecule has 0 aliphatic rings. The maximum Gasteiger partial charge on any atom is 0.184 e. The molecule has 1 aromatic rings. The van der Waals surface area contributed by atoms with Crippen LogP contribution in [0.3, 0.4) is 0 Å². The summed E-state index contributed by atoms with van der Waals surface area (Å²) in [5.41, 5.74) is 0.540. The Bertz CT molecular complexity index is 391. The lowest BCUT2D eigenvalue weighted by Crippen LogP contribution is -2.13. The van der Waals surface area contributed by atoms with E-state index in [9.17, 15) is 4.79 Å². The van der Waals surface area contributed by atoms with Crippen LogP contribution in [0.15, 0.2) is 22.7 Å². The Labute approximate surface area is 115 Å². The zero-order valence-corrected chi connectivity index (χ0v) is 12.3. The third kappa shape index (κ3) is 4.32. The van der Waals surface area contributed by atoms with E-state index in [2.05, 4.69) is 22.9 Å². The first kappa shape index (κ1) is 14.5. The van der Waals surface area contributed by atoms with E-state index in [1.54, 1.807) is 19.1 Å². The summed E-state index contributed by atoms with van der Waals surface area (Å²) in [6.07, 6.45) is 2.03. The maximum atomic E-state index is 11.9. The first-order chi connectivity index (χ1) is 8.06. The number of hydrogen-bond donors (Lipinski definition) is 0. The van der Waals surface area contributed by atoms with Crippen LogP contribution >= 0.6 is 27.5 Å². The zero-order valence-electron chi connectivity index (χ0n) is 10.0. The van der Waals surface area contributed by atoms with Crippen molar-refractivity contribution in [3.8, 4) is 5.75 Å². The van der Waals surface area contributed by atoms with Crippen LogP contribution in [0.1, 0.15) is 37.0 Å². The molecule has 17 heavy (non-hydrogen) atoms. The Morgan fingerprint density at radius 3 is 2.82 bits per heavy atom. The standard InChI is InChI=1S/C13H16BrClO2/c1-3-4-7-17-12-6-5-10(14)8-11(12)13(16)9(2)15/h5-6,8-9H,3-4,7H2,1-2H3. The summed E-state index contributed by atoms with van der Waals surface area (Å²) in [5.74, 6) is 0.499. The van der Waals surface area contributed by atoms with Gasteiger partial charge in [-0.25, -0.2) is 0 Å². The molecule has 0 aromatic heterocycles. The Morgan fingerprint density at radius 2 is 2.24 bits per heavy atom. The Kier molecular flexibility index (Phi) is 6.00. The van der Waals surface area contributed by atoms with Crippen LogP contribution < -0.4 is 4.74 Å². The van der Waals surface area contributed by atoms with Gasteiger partial charge < -0.3 is 4.74 Å². The molecule has 0 radical (unpaired) electrons. The molecule has 1 atom stereocenters. The lowest BCUT2D eigenvalue weighted by atomic mass is 10.1. The van der Waals surface area contributed by atoms with Crippen molar-refractivity contribution in [3.63, 3.8) is 0 Å². The third-order valence-corrected chi connectivity index (χ3v) is 3.02. The average Bonchev–Trinajstić information content (AvgIpc) is 2.30. The summed E-state index contributed by atoms with van der Waals surface area (Å²) < 4.78 is 6.45. The summed E-state index contributed by atoms with van der Waals surface area (Å²) in [6, 6.07) is 5.41. The van der Waals surface area contributed by atoms with E-state index in [0.717, 1.165) is 17.3 Å². The van der Waals surface area contributed by atoms with Crippen molar-refractivity contribution >= 4 is 33.3 Å². The van der Waals surface area contributed by atoms with Crippen LogP contribution in [0.4, 0.5) is 0 Å². The molecule has 0 amide bonds. The lowest BCUT2D eigenvalue weighted by Gasteiger charge is -2.11. The maximum absolute atomic E-state index is 11.9. The number of halogens is 2. The van der Waals surface area contributed by atoms with Crippen LogP contribution in [-0.2, 0) is 0 Å². The van der Waals surface area contributed by atoms with Gasteiger partial charge >= 0.3 is 0 Å². The van der Waals surface area contributed by atoms with Gasteiger partial charge in [-0.05, 0) is 31.5 Å². The van der Waals surface area contributed by atoms with E-state index in [0.29, 0.717) is 17.9 Å². The fraction of sp³-hybridized carbons (Fsp3) is 0.462. The van der Waals surface area contributed by atoms with Crippen molar-refractivity contribution in [3.05, 3.63) is 28.2 Å². The third-order valence-electron chi connectivity index (χ3n) is 2.32. The molecule has 1 rings (SSSR count). The zero-order chi connectivity index (χ0) is 12.8. The second kappa shape index (κ2) is 7.02.